The molecule has 4 rings (SSSR count). The third-order valence-electron chi connectivity index (χ3n) is 5.13. The second-order valence-electron chi connectivity index (χ2n) is 7.08. The maximum Gasteiger partial charge on any atom is 0.246 e. The van der Waals surface area contributed by atoms with E-state index in [0.29, 0.717) is 18.3 Å². The number of aryl methyl sites for hydroxylation is 1. The van der Waals surface area contributed by atoms with E-state index in [2.05, 4.69) is 41.0 Å². The number of anilines is 1. The highest BCUT2D eigenvalue weighted by Gasteiger charge is 2.28. The van der Waals surface area contributed by atoms with Gasteiger partial charge in [0, 0.05) is 17.3 Å². The van der Waals surface area contributed by atoms with Gasteiger partial charge in [-0.05, 0) is 49.1 Å². The lowest BCUT2D eigenvalue weighted by molar-refractivity contribution is 0.374. The van der Waals surface area contributed by atoms with Gasteiger partial charge >= 0.3 is 0 Å². The number of hydrogen-bond donors (Lipinski definition) is 1. The first kappa shape index (κ1) is 18.6. The molecule has 1 aliphatic rings. The summed E-state index contributed by atoms with van der Waals surface area (Å²) in [5.74, 6) is 1.08. The van der Waals surface area contributed by atoms with Gasteiger partial charge in [-0.3, -0.25) is 0 Å². The fourth-order valence-electron chi connectivity index (χ4n) is 3.56. The van der Waals surface area contributed by atoms with Crippen molar-refractivity contribution >= 4 is 15.7 Å². The molecule has 8 heteroatoms. The van der Waals surface area contributed by atoms with Gasteiger partial charge in [-0.25, -0.2) is 13.6 Å². The number of benzene rings is 2. The van der Waals surface area contributed by atoms with Crippen molar-refractivity contribution in [2.75, 3.05) is 4.90 Å². The van der Waals surface area contributed by atoms with Gasteiger partial charge in [-0.15, -0.1) is 0 Å². The van der Waals surface area contributed by atoms with E-state index >= 15 is 0 Å². The molecule has 0 bridgehead atoms. The van der Waals surface area contributed by atoms with E-state index in [1.165, 1.54) is 11.6 Å². The Labute approximate surface area is 164 Å². The maximum absolute atomic E-state index is 11.6. The van der Waals surface area contributed by atoms with Crippen LogP contribution < -0.4 is 10.0 Å². The van der Waals surface area contributed by atoms with E-state index in [4.69, 9.17) is 9.66 Å². The van der Waals surface area contributed by atoms with Crippen molar-refractivity contribution in [3.05, 3.63) is 59.5 Å². The molecule has 28 heavy (non-hydrogen) atoms. The summed E-state index contributed by atoms with van der Waals surface area (Å²) in [6.07, 6.45) is 1.72. The van der Waals surface area contributed by atoms with Gasteiger partial charge in [0.1, 0.15) is 0 Å². The minimum atomic E-state index is -3.71. The van der Waals surface area contributed by atoms with Crippen molar-refractivity contribution in [3.63, 3.8) is 0 Å². The van der Waals surface area contributed by atoms with Crippen LogP contribution in [-0.2, 0) is 29.4 Å². The monoisotopic (exact) mass is 398 g/mol. The number of fused-ring (bicyclic) bond motifs is 1. The van der Waals surface area contributed by atoms with Crippen LogP contribution in [0.3, 0.4) is 0 Å². The van der Waals surface area contributed by atoms with Crippen LogP contribution >= 0.6 is 0 Å². The molecule has 3 aromatic rings. The van der Waals surface area contributed by atoms with Gasteiger partial charge < -0.3 is 9.42 Å². The molecule has 2 aromatic carbocycles. The van der Waals surface area contributed by atoms with Gasteiger partial charge in [0.25, 0.3) is 0 Å². The second kappa shape index (κ2) is 7.03. The summed E-state index contributed by atoms with van der Waals surface area (Å²) in [5, 5.41) is 9.35. The lowest BCUT2D eigenvalue weighted by atomic mass is 10.1. The van der Waals surface area contributed by atoms with Crippen molar-refractivity contribution < 1.29 is 12.9 Å². The highest BCUT2D eigenvalue weighted by Crippen LogP contribution is 2.34. The van der Waals surface area contributed by atoms with Crippen molar-refractivity contribution in [2.45, 2.75) is 44.2 Å². The number of nitrogens with zero attached hydrogens (tertiary/aromatic N) is 3. The van der Waals surface area contributed by atoms with Crippen LogP contribution in [0.5, 0.6) is 0 Å². The Morgan fingerprint density at radius 2 is 1.96 bits per heavy atom. The Morgan fingerprint density at radius 3 is 2.64 bits per heavy atom. The third-order valence-corrected chi connectivity index (χ3v) is 6.04. The number of aromatic nitrogens is 2. The third kappa shape index (κ3) is 3.53. The normalized spacial score (nSPS) is 16.4. The summed E-state index contributed by atoms with van der Waals surface area (Å²) in [7, 11) is -3.71. The zero-order valence-electron chi connectivity index (χ0n) is 15.8. The van der Waals surface area contributed by atoms with E-state index < -0.39 is 10.0 Å². The first-order chi connectivity index (χ1) is 13.3. The standard InChI is InChI=1S/C20H22N4O3S/c1-3-14-4-6-15(7-5-14)20-22-19(27-23-20)12-24-13(2)10-16-11-17(28(21,25)26)8-9-18(16)24/h4-9,11,13H,3,10,12H2,1-2H3,(H2,21,25,26)/t13-/m0/s1. The van der Waals surface area contributed by atoms with Crippen LogP contribution in [-0.4, -0.2) is 24.6 Å². The van der Waals surface area contributed by atoms with Crippen LogP contribution in [0.4, 0.5) is 5.69 Å². The zero-order valence-corrected chi connectivity index (χ0v) is 16.6. The molecule has 0 saturated heterocycles. The van der Waals surface area contributed by atoms with Crippen LogP contribution in [0.1, 0.15) is 30.9 Å². The molecule has 0 fully saturated rings. The molecule has 7 nitrogen and oxygen atoms in total. The van der Waals surface area contributed by atoms with Crippen molar-refractivity contribution in [3.8, 4) is 11.4 Å². The Bertz CT molecular complexity index is 1110. The lowest BCUT2D eigenvalue weighted by Gasteiger charge is -2.22. The largest absolute Gasteiger partial charge is 0.359 e. The van der Waals surface area contributed by atoms with E-state index in [1.54, 1.807) is 12.1 Å². The van der Waals surface area contributed by atoms with Crippen LogP contribution in [0.2, 0.25) is 0 Å². The highest BCUT2D eigenvalue weighted by atomic mass is 32.2. The number of primary sulfonamides is 1. The number of rotatable bonds is 5. The van der Waals surface area contributed by atoms with Crippen molar-refractivity contribution in [1.29, 1.82) is 0 Å². The fraction of sp³-hybridized carbons (Fsp3) is 0.300. The average molecular weight is 398 g/mol. The van der Waals surface area contributed by atoms with Gasteiger partial charge in [-0.2, -0.15) is 4.98 Å². The second-order valence-corrected chi connectivity index (χ2v) is 8.64. The van der Waals surface area contributed by atoms with Crippen LogP contribution in [0.25, 0.3) is 11.4 Å². The molecule has 1 atom stereocenters. The molecule has 0 spiro atoms. The number of hydrogen-bond acceptors (Lipinski definition) is 6. The first-order valence-corrected chi connectivity index (χ1v) is 10.7. The van der Waals surface area contributed by atoms with Crippen molar-refractivity contribution in [1.82, 2.24) is 10.1 Å². The fourth-order valence-corrected chi connectivity index (χ4v) is 4.13. The quantitative estimate of drug-likeness (QED) is 0.709. The molecule has 0 amide bonds. The highest BCUT2D eigenvalue weighted by molar-refractivity contribution is 7.89. The van der Waals surface area contributed by atoms with E-state index in [1.807, 2.05) is 12.1 Å². The molecule has 2 N–H and O–H groups in total. The van der Waals surface area contributed by atoms with E-state index in [9.17, 15) is 8.42 Å². The Kier molecular flexibility index (Phi) is 4.68. The van der Waals surface area contributed by atoms with Gasteiger partial charge in [0.05, 0.1) is 11.4 Å². The summed E-state index contributed by atoms with van der Waals surface area (Å²) in [5.41, 5.74) is 4.09. The molecule has 0 saturated carbocycles. The van der Waals surface area contributed by atoms with Gasteiger partial charge in [0.2, 0.25) is 21.7 Å². The molecule has 0 unspecified atom stereocenters. The molecular formula is C20H22N4O3S. The molecular weight excluding hydrogens is 376 g/mol. The Balaban J connectivity index is 1.56. The Hall–Kier alpha value is -2.71. The minimum Gasteiger partial charge on any atom is -0.359 e. The summed E-state index contributed by atoms with van der Waals surface area (Å²) < 4.78 is 28.7. The summed E-state index contributed by atoms with van der Waals surface area (Å²) in [4.78, 5) is 6.80. The van der Waals surface area contributed by atoms with Crippen LogP contribution in [0.15, 0.2) is 51.9 Å². The van der Waals surface area contributed by atoms with E-state index in [-0.39, 0.29) is 10.9 Å². The van der Waals surface area contributed by atoms with Gasteiger partial charge in [-0.1, -0.05) is 36.3 Å². The topological polar surface area (TPSA) is 102 Å². The van der Waals surface area contributed by atoms with Crippen molar-refractivity contribution in [2.24, 2.45) is 5.14 Å². The summed E-state index contributed by atoms with van der Waals surface area (Å²) in [6.45, 7) is 4.66. The molecule has 0 radical (unpaired) electrons. The average Bonchev–Trinajstić information content (AvgIpc) is 3.26. The number of nitrogens with two attached hydrogens (primary N) is 1. The van der Waals surface area contributed by atoms with Crippen LogP contribution in [0, 0.1) is 0 Å². The Morgan fingerprint density at radius 1 is 1.21 bits per heavy atom. The molecule has 2 heterocycles. The number of sulfonamides is 1. The van der Waals surface area contributed by atoms with E-state index in [0.717, 1.165) is 29.7 Å². The smallest absolute Gasteiger partial charge is 0.246 e. The minimum absolute atomic E-state index is 0.135. The predicted octanol–water partition coefficient (Wildman–Crippen LogP) is 2.90. The molecule has 1 aromatic heterocycles. The van der Waals surface area contributed by atoms with Gasteiger partial charge in [0.15, 0.2) is 0 Å². The predicted molar refractivity (Wildman–Crippen MR) is 106 cm³/mol. The molecule has 0 aliphatic carbocycles. The molecule has 146 valence electrons. The molecule has 1 aliphatic heterocycles. The maximum atomic E-state index is 11.6. The SMILES string of the molecule is CCc1ccc(-c2noc(CN3c4ccc(S(N)(=O)=O)cc4C[C@@H]3C)n2)cc1. The lowest BCUT2D eigenvalue weighted by Crippen LogP contribution is -2.28. The summed E-state index contributed by atoms with van der Waals surface area (Å²) >= 11 is 0. The summed E-state index contributed by atoms with van der Waals surface area (Å²) in [6, 6.07) is 13.3. The first-order valence-electron chi connectivity index (χ1n) is 9.19. The zero-order chi connectivity index (χ0) is 19.9.